The normalized spacial score (nSPS) is 11.3. The summed E-state index contributed by atoms with van der Waals surface area (Å²) in [5.74, 6) is 0.704. The number of rotatable bonds is 5. The van der Waals surface area contributed by atoms with E-state index in [2.05, 4.69) is 15.4 Å². The molecule has 6 nitrogen and oxygen atoms in total. The first kappa shape index (κ1) is 15.1. The summed E-state index contributed by atoms with van der Waals surface area (Å²) in [4.78, 5) is 16.2. The maximum absolute atomic E-state index is 12.7. The molecular weight excluding hydrogens is 304 g/mol. The molecule has 3 rings (SSSR count). The summed E-state index contributed by atoms with van der Waals surface area (Å²) in [6, 6.07) is 6.95. The van der Waals surface area contributed by atoms with Gasteiger partial charge in [-0.05, 0) is 19.1 Å². The number of amides is 1. The Balaban J connectivity index is 1.85. The minimum atomic E-state index is -2.52. The van der Waals surface area contributed by atoms with Crippen LogP contribution in [0.3, 0.4) is 0 Å². The van der Waals surface area contributed by atoms with Gasteiger partial charge in [0.25, 0.3) is 6.43 Å². The van der Waals surface area contributed by atoms with E-state index in [9.17, 15) is 13.6 Å². The van der Waals surface area contributed by atoms with Crippen molar-refractivity contribution < 1.29 is 13.6 Å². The van der Waals surface area contributed by atoms with Crippen molar-refractivity contribution in [2.45, 2.75) is 26.4 Å². The lowest BCUT2D eigenvalue weighted by Gasteiger charge is -2.05. The third kappa shape index (κ3) is 3.20. The molecule has 1 aromatic carbocycles. The Hall–Kier alpha value is -2.77. The molecule has 3 aromatic rings. The number of benzene rings is 1. The number of aromatic nitrogens is 4. The van der Waals surface area contributed by atoms with Gasteiger partial charge in [0.2, 0.25) is 5.91 Å². The molecule has 0 saturated carbocycles. The molecule has 2 aromatic heterocycles. The zero-order chi connectivity index (χ0) is 16.4. The zero-order valence-electron chi connectivity index (χ0n) is 12.4. The van der Waals surface area contributed by atoms with Crippen molar-refractivity contribution in [3.8, 4) is 0 Å². The second-order valence-corrected chi connectivity index (χ2v) is 5.09. The molecule has 1 N–H and O–H groups in total. The fourth-order valence-electron chi connectivity index (χ4n) is 2.39. The highest BCUT2D eigenvalue weighted by molar-refractivity contribution is 5.99. The molecule has 1 amide bonds. The van der Waals surface area contributed by atoms with Gasteiger partial charge >= 0.3 is 0 Å². The highest BCUT2D eigenvalue weighted by Crippen LogP contribution is 2.23. The van der Waals surface area contributed by atoms with Crippen molar-refractivity contribution in [2.75, 3.05) is 5.32 Å². The van der Waals surface area contributed by atoms with E-state index < -0.39 is 13.0 Å². The highest BCUT2D eigenvalue weighted by atomic mass is 19.3. The van der Waals surface area contributed by atoms with Gasteiger partial charge in [-0.25, -0.2) is 13.8 Å². The molecule has 0 spiro atoms. The third-order valence-corrected chi connectivity index (χ3v) is 3.46. The minimum absolute atomic E-state index is 0.0852. The van der Waals surface area contributed by atoms with E-state index in [1.807, 2.05) is 0 Å². The largest absolute Gasteiger partial charge is 0.326 e. The maximum Gasteiger partial charge on any atom is 0.257 e. The van der Waals surface area contributed by atoms with Gasteiger partial charge in [-0.2, -0.15) is 5.10 Å². The van der Waals surface area contributed by atoms with Gasteiger partial charge in [-0.3, -0.25) is 9.48 Å². The number of hydrogen-bond acceptors (Lipinski definition) is 3. The molecule has 23 heavy (non-hydrogen) atoms. The number of carbonyl (C=O) groups is 1. The van der Waals surface area contributed by atoms with Gasteiger partial charge in [0.1, 0.15) is 18.9 Å². The standard InChI is InChI=1S/C15H15F2N5O/c1-10-18-6-7-21(10)9-14(23)19-15-11-4-2-3-5-12(11)22(20-15)8-13(16)17/h2-7,13H,8-9H2,1H3,(H,19,20,23). The fraction of sp³-hybridized carbons (Fsp3) is 0.267. The van der Waals surface area contributed by atoms with Gasteiger partial charge in [0, 0.05) is 17.8 Å². The molecular formula is C15H15F2N5O. The SMILES string of the molecule is Cc1nccn1CC(=O)Nc1nn(CC(F)F)c2ccccc12. The number of fused-ring (bicyclic) bond motifs is 1. The van der Waals surface area contributed by atoms with Crippen molar-refractivity contribution in [3.05, 3.63) is 42.5 Å². The summed E-state index contributed by atoms with van der Waals surface area (Å²) in [6.45, 7) is 1.36. The zero-order valence-corrected chi connectivity index (χ0v) is 12.4. The van der Waals surface area contributed by atoms with Crippen molar-refractivity contribution in [1.82, 2.24) is 19.3 Å². The molecule has 0 atom stereocenters. The lowest BCUT2D eigenvalue weighted by Crippen LogP contribution is -2.19. The van der Waals surface area contributed by atoms with Gasteiger partial charge < -0.3 is 9.88 Å². The van der Waals surface area contributed by atoms with Crippen LogP contribution in [-0.4, -0.2) is 31.7 Å². The molecule has 0 unspecified atom stereocenters. The minimum Gasteiger partial charge on any atom is -0.326 e. The Morgan fingerprint density at radius 1 is 1.35 bits per heavy atom. The first-order valence-electron chi connectivity index (χ1n) is 7.06. The van der Waals surface area contributed by atoms with E-state index in [0.29, 0.717) is 16.7 Å². The van der Waals surface area contributed by atoms with Crippen LogP contribution in [0, 0.1) is 6.92 Å². The number of aryl methyl sites for hydroxylation is 1. The van der Waals surface area contributed by atoms with Crippen molar-refractivity contribution in [3.63, 3.8) is 0 Å². The Morgan fingerprint density at radius 2 is 2.13 bits per heavy atom. The van der Waals surface area contributed by atoms with Crippen LogP contribution in [0.25, 0.3) is 10.9 Å². The number of halogens is 2. The molecule has 0 saturated heterocycles. The van der Waals surface area contributed by atoms with Crippen molar-refractivity contribution in [2.24, 2.45) is 0 Å². The number of nitrogens with one attached hydrogen (secondary N) is 1. The monoisotopic (exact) mass is 319 g/mol. The number of imidazole rings is 1. The van der Waals surface area contributed by atoms with E-state index in [4.69, 9.17) is 0 Å². The van der Waals surface area contributed by atoms with Crippen LogP contribution in [0.4, 0.5) is 14.6 Å². The van der Waals surface area contributed by atoms with Crippen LogP contribution in [0.15, 0.2) is 36.7 Å². The van der Waals surface area contributed by atoms with E-state index >= 15 is 0 Å². The lowest BCUT2D eigenvalue weighted by atomic mass is 10.2. The topological polar surface area (TPSA) is 64.7 Å². The molecule has 120 valence electrons. The van der Waals surface area contributed by atoms with Gasteiger partial charge in [0.15, 0.2) is 5.82 Å². The summed E-state index contributed by atoms with van der Waals surface area (Å²) in [5, 5.41) is 7.41. The second-order valence-electron chi connectivity index (χ2n) is 5.09. The molecule has 2 heterocycles. The number of para-hydroxylation sites is 1. The van der Waals surface area contributed by atoms with E-state index in [1.165, 1.54) is 4.68 Å². The van der Waals surface area contributed by atoms with Crippen LogP contribution in [0.5, 0.6) is 0 Å². The molecule has 0 fully saturated rings. The smallest absolute Gasteiger partial charge is 0.257 e. The van der Waals surface area contributed by atoms with Crippen molar-refractivity contribution >= 4 is 22.6 Å². The summed E-state index contributed by atoms with van der Waals surface area (Å²) >= 11 is 0. The van der Waals surface area contributed by atoms with E-state index in [0.717, 1.165) is 0 Å². The first-order valence-corrected chi connectivity index (χ1v) is 7.06. The number of nitrogens with zero attached hydrogens (tertiary/aromatic N) is 4. The molecule has 0 aliphatic heterocycles. The van der Waals surface area contributed by atoms with Crippen LogP contribution < -0.4 is 5.32 Å². The summed E-state index contributed by atoms with van der Waals surface area (Å²) in [6.07, 6.45) is 0.785. The molecule has 0 aliphatic carbocycles. The predicted molar refractivity (Wildman–Crippen MR) is 81.3 cm³/mol. The second kappa shape index (κ2) is 6.15. The summed E-state index contributed by atoms with van der Waals surface area (Å²) in [7, 11) is 0. The van der Waals surface area contributed by atoms with Gasteiger partial charge in [-0.1, -0.05) is 12.1 Å². The Kier molecular flexibility index (Phi) is 4.05. The maximum atomic E-state index is 12.7. The summed E-state index contributed by atoms with van der Waals surface area (Å²) in [5.41, 5.74) is 0.557. The summed E-state index contributed by atoms with van der Waals surface area (Å²) < 4.78 is 28.2. The third-order valence-electron chi connectivity index (χ3n) is 3.46. The fourth-order valence-corrected chi connectivity index (χ4v) is 2.39. The number of carbonyl (C=O) groups excluding carboxylic acids is 1. The Labute approximate surface area is 130 Å². The van der Waals surface area contributed by atoms with Crippen LogP contribution in [-0.2, 0) is 17.9 Å². The molecule has 0 bridgehead atoms. The van der Waals surface area contributed by atoms with Gasteiger partial charge in [-0.15, -0.1) is 0 Å². The average Bonchev–Trinajstić information content (AvgIpc) is 3.04. The number of anilines is 1. The average molecular weight is 319 g/mol. The Morgan fingerprint density at radius 3 is 2.83 bits per heavy atom. The number of alkyl halides is 2. The highest BCUT2D eigenvalue weighted by Gasteiger charge is 2.15. The Bertz CT molecular complexity index is 839. The molecule has 8 heteroatoms. The van der Waals surface area contributed by atoms with E-state index in [1.54, 1.807) is 48.1 Å². The van der Waals surface area contributed by atoms with Crippen LogP contribution in [0.1, 0.15) is 5.82 Å². The lowest BCUT2D eigenvalue weighted by molar-refractivity contribution is -0.116. The quantitative estimate of drug-likeness (QED) is 0.785. The van der Waals surface area contributed by atoms with Gasteiger partial charge in [0.05, 0.1) is 5.52 Å². The molecule has 0 radical (unpaired) electrons. The van der Waals surface area contributed by atoms with E-state index in [-0.39, 0.29) is 18.3 Å². The van der Waals surface area contributed by atoms with Crippen LogP contribution >= 0.6 is 0 Å². The first-order chi connectivity index (χ1) is 11.0. The number of hydrogen-bond donors (Lipinski definition) is 1. The molecule has 0 aliphatic rings. The van der Waals surface area contributed by atoms with Crippen molar-refractivity contribution in [1.29, 1.82) is 0 Å². The van der Waals surface area contributed by atoms with Crippen LogP contribution in [0.2, 0.25) is 0 Å². The predicted octanol–water partition coefficient (Wildman–Crippen LogP) is 2.45.